The summed E-state index contributed by atoms with van der Waals surface area (Å²) in [5.74, 6) is -1.66. The van der Waals surface area contributed by atoms with Gasteiger partial charge in [0.25, 0.3) is 0 Å². The molecule has 1 aliphatic heterocycles. The molecule has 1 saturated heterocycles. The molecule has 1 heterocycles. The molecule has 2 fully saturated rings. The monoisotopic (exact) mass is 218 g/mol. The van der Waals surface area contributed by atoms with E-state index in [1.54, 1.807) is 0 Å². The van der Waals surface area contributed by atoms with Crippen molar-refractivity contribution in [3.8, 4) is 0 Å². The van der Waals surface area contributed by atoms with Gasteiger partial charge in [-0.05, 0) is 18.8 Å². The zero-order valence-corrected chi connectivity index (χ0v) is 10.7. The first kappa shape index (κ1) is 12.7. The number of barbiturate groups is 1. The number of nitrogens with one attached hydrogen (secondary N) is 1. The molecule has 1 N–H and O–H groups in total. The molecular formula is C9H11N2NaO3. The van der Waals surface area contributed by atoms with Crippen molar-refractivity contribution < 1.29 is 43.9 Å². The summed E-state index contributed by atoms with van der Waals surface area (Å²) < 4.78 is 0. The average Bonchev–Trinajstić information content (AvgIpc) is 2.54. The van der Waals surface area contributed by atoms with Crippen molar-refractivity contribution in [2.45, 2.75) is 25.7 Å². The normalized spacial score (nSPS) is 26.9. The van der Waals surface area contributed by atoms with Crippen LogP contribution in [-0.2, 0) is 9.59 Å². The fraction of sp³-hybridized carbons (Fsp3) is 0.667. The van der Waals surface area contributed by atoms with Crippen LogP contribution in [0.2, 0.25) is 0 Å². The summed E-state index contributed by atoms with van der Waals surface area (Å²) in [7, 11) is 0. The minimum atomic E-state index is -0.825. The fourth-order valence-electron chi connectivity index (χ4n) is 2.20. The van der Waals surface area contributed by atoms with Crippen molar-refractivity contribution in [3.63, 3.8) is 0 Å². The summed E-state index contributed by atoms with van der Waals surface area (Å²) in [6.07, 6.45) is 3.87. The maximum absolute atomic E-state index is 11.4. The number of nitrogens with zero attached hydrogens (tertiary/aromatic N) is 1. The van der Waals surface area contributed by atoms with Crippen LogP contribution in [0.4, 0.5) is 4.79 Å². The topological polar surface area (TPSA) is 77.3 Å². The van der Waals surface area contributed by atoms with Gasteiger partial charge in [0.2, 0.25) is 0 Å². The third-order valence-electron chi connectivity index (χ3n) is 2.86. The molecule has 6 heteroatoms. The number of carbonyl (C=O) groups is 3. The van der Waals surface area contributed by atoms with Crippen LogP contribution in [0.5, 0.6) is 0 Å². The number of imide groups is 2. The Bertz CT molecular complexity index is 280. The van der Waals surface area contributed by atoms with Crippen LogP contribution < -0.4 is 34.9 Å². The minimum Gasteiger partial charge on any atom is -0.394 e. The zero-order chi connectivity index (χ0) is 10.1. The Labute approximate surface area is 110 Å². The van der Waals surface area contributed by atoms with Crippen LogP contribution in [-0.4, -0.2) is 17.8 Å². The molecule has 15 heavy (non-hydrogen) atoms. The Kier molecular flexibility index (Phi) is 4.31. The smallest absolute Gasteiger partial charge is 0.394 e. The molecule has 0 bridgehead atoms. The largest absolute Gasteiger partial charge is 1.00 e. The van der Waals surface area contributed by atoms with E-state index >= 15 is 0 Å². The van der Waals surface area contributed by atoms with Gasteiger partial charge in [0.1, 0.15) is 0 Å². The van der Waals surface area contributed by atoms with Gasteiger partial charge in [-0.3, -0.25) is 14.4 Å². The van der Waals surface area contributed by atoms with Crippen LogP contribution in [0, 0.1) is 11.8 Å². The molecule has 1 aliphatic carbocycles. The van der Waals surface area contributed by atoms with E-state index in [-0.39, 0.29) is 35.5 Å². The number of hydrogen-bond donors (Lipinski definition) is 1. The molecule has 0 aromatic heterocycles. The molecular weight excluding hydrogens is 207 g/mol. The van der Waals surface area contributed by atoms with Crippen LogP contribution in [0.3, 0.4) is 0 Å². The first-order valence-electron chi connectivity index (χ1n) is 4.79. The van der Waals surface area contributed by atoms with Crippen LogP contribution in [0.15, 0.2) is 0 Å². The maximum Gasteiger partial charge on any atom is 1.00 e. The van der Waals surface area contributed by atoms with Crippen molar-refractivity contribution in [1.82, 2.24) is 5.32 Å². The van der Waals surface area contributed by atoms with Crippen LogP contribution in [0.25, 0.3) is 5.32 Å². The van der Waals surface area contributed by atoms with Crippen molar-refractivity contribution in [3.05, 3.63) is 5.32 Å². The van der Waals surface area contributed by atoms with Gasteiger partial charge in [-0.1, -0.05) is 12.8 Å². The number of amides is 4. The number of carbonyl (C=O) groups excluding carboxylic acids is 3. The standard InChI is InChI=1S/C9H12N2O3.Na/c12-7-6(5-3-1-2-4-5)8(13)11-9(14)10-7;/h5-6H,1-4H2,(H2,10,11,12,13,14);/q;+1/p-1. The second-order valence-electron chi connectivity index (χ2n) is 3.77. The summed E-state index contributed by atoms with van der Waals surface area (Å²) in [4.78, 5) is 33.5. The van der Waals surface area contributed by atoms with E-state index in [2.05, 4.69) is 10.6 Å². The molecule has 76 valence electrons. The van der Waals surface area contributed by atoms with Gasteiger partial charge in [-0.2, -0.15) is 0 Å². The summed E-state index contributed by atoms with van der Waals surface area (Å²) in [5.41, 5.74) is 0. The van der Waals surface area contributed by atoms with Gasteiger partial charge in [0.05, 0.1) is 5.92 Å². The molecule has 0 spiro atoms. The van der Waals surface area contributed by atoms with E-state index < -0.39 is 23.8 Å². The quantitative estimate of drug-likeness (QED) is 0.406. The summed E-state index contributed by atoms with van der Waals surface area (Å²) in [6, 6.07) is -0.825. The molecule has 2 rings (SSSR count). The van der Waals surface area contributed by atoms with Gasteiger partial charge < -0.3 is 10.6 Å². The predicted octanol–water partition coefficient (Wildman–Crippen LogP) is -2.05. The average molecular weight is 218 g/mol. The van der Waals surface area contributed by atoms with Crippen LogP contribution >= 0.6 is 0 Å². The molecule has 0 aromatic carbocycles. The van der Waals surface area contributed by atoms with E-state index in [0.717, 1.165) is 25.7 Å². The molecule has 1 unspecified atom stereocenters. The van der Waals surface area contributed by atoms with Crippen molar-refractivity contribution in [2.75, 3.05) is 0 Å². The summed E-state index contributed by atoms with van der Waals surface area (Å²) in [6.45, 7) is 0. The second kappa shape index (κ2) is 5.09. The Morgan fingerprint density at radius 1 is 1.13 bits per heavy atom. The molecule has 0 radical (unpaired) electrons. The van der Waals surface area contributed by atoms with Gasteiger partial charge in [-0.25, -0.2) is 0 Å². The predicted molar refractivity (Wildman–Crippen MR) is 47.4 cm³/mol. The summed E-state index contributed by atoms with van der Waals surface area (Å²) >= 11 is 0. The number of urea groups is 1. The van der Waals surface area contributed by atoms with Crippen molar-refractivity contribution in [1.29, 1.82) is 0 Å². The molecule has 4 amide bonds. The molecule has 0 aromatic rings. The van der Waals surface area contributed by atoms with Gasteiger partial charge >= 0.3 is 29.6 Å². The van der Waals surface area contributed by atoms with E-state index in [4.69, 9.17) is 0 Å². The Hall–Kier alpha value is -0.390. The Morgan fingerprint density at radius 2 is 1.73 bits per heavy atom. The minimum absolute atomic E-state index is 0. The number of hydrogen-bond acceptors (Lipinski definition) is 3. The van der Waals surface area contributed by atoms with E-state index in [0.29, 0.717) is 0 Å². The first-order valence-corrected chi connectivity index (χ1v) is 4.79. The van der Waals surface area contributed by atoms with Gasteiger partial charge in [-0.15, -0.1) is 0 Å². The molecule has 1 atom stereocenters. The SMILES string of the molecule is O=C1[N-]C(=O)C(C2CCCC2)C(=O)N1.[Na+]. The number of rotatable bonds is 1. The maximum atomic E-state index is 11.4. The first-order chi connectivity index (χ1) is 6.68. The molecule has 1 saturated carbocycles. The molecule has 2 aliphatic rings. The van der Waals surface area contributed by atoms with Crippen molar-refractivity contribution >= 4 is 17.8 Å². The fourth-order valence-corrected chi connectivity index (χ4v) is 2.20. The Morgan fingerprint density at radius 3 is 2.27 bits per heavy atom. The van der Waals surface area contributed by atoms with E-state index in [9.17, 15) is 14.4 Å². The van der Waals surface area contributed by atoms with E-state index in [1.165, 1.54) is 0 Å². The third kappa shape index (κ3) is 2.59. The zero-order valence-electron chi connectivity index (χ0n) is 8.66. The Balaban J connectivity index is 0.00000112. The van der Waals surface area contributed by atoms with Gasteiger partial charge in [0, 0.05) is 0 Å². The van der Waals surface area contributed by atoms with Crippen LogP contribution in [0.1, 0.15) is 25.7 Å². The molecule has 5 nitrogen and oxygen atoms in total. The van der Waals surface area contributed by atoms with E-state index in [1.807, 2.05) is 0 Å². The van der Waals surface area contributed by atoms with Crippen molar-refractivity contribution in [2.24, 2.45) is 11.8 Å². The second-order valence-corrected chi connectivity index (χ2v) is 3.77. The summed E-state index contributed by atoms with van der Waals surface area (Å²) in [5, 5.41) is 5.32. The van der Waals surface area contributed by atoms with Gasteiger partial charge in [0.15, 0.2) is 17.8 Å². The third-order valence-corrected chi connectivity index (χ3v) is 2.86.